The molecule has 0 atom stereocenters. The number of piperazine rings is 2. The molecule has 78 heavy (non-hydrogen) atoms. The van der Waals surface area contributed by atoms with E-state index in [0.29, 0.717) is 57.0 Å². The van der Waals surface area contributed by atoms with Crippen molar-refractivity contribution in [2.24, 2.45) is 9.98 Å². The lowest BCUT2D eigenvalue weighted by Gasteiger charge is -2.42. The lowest BCUT2D eigenvalue weighted by Crippen LogP contribution is -2.59. The number of nitrogens with zero attached hydrogens (tertiary/aromatic N) is 6. The molecule has 0 unspecified atom stereocenters. The first-order valence-electron chi connectivity index (χ1n) is 26.9. The van der Waals surface area contributed by atoms with E-state index in [9.17, 15) is 14.4 Å². The Bertz CT molecular complexity index is 3230. The summed E-state index contributed by atoms with van der Waals surface area (Å²) in [6.07, 6.45) is 4.30. The molecule has 15 nitrogen and oxygen atoms in total. The molecule has 4 aliphatic heterocycles. The zero-order chi connectivity index (χ0) is 54.6. The first-order chi connectivity index (χ1) is 37.5. The minimum Gasteiger partial charge on any atom is -0.476 e. The average molecular weight is 1110 g/mol. The van der Waals surface area contributed by atoms with Gasteiger partial charge in [0.2, 0.25) is 13.5 Å². The van der Waals surface area contributed by atoms with Gasteiger partial charge in [0.05, 0.1) is 107 Å². The maximum atomic E-state index is 13.6. The van der Waals surface area contributed by atoms with Gasteiger partial charge in [0.15, 0.2) is 11.4 Å². The molecule has 0 amide bonds. The summed E-state index contributed by atoms with van der Waals surface area (Å²) in [4.78, 5) is 57.0. The molecular formula is C60H69ClN8O7S2+2. The lowest BCUT2D eigenvalue weighted by molar-refractivity contribution is -0.929. The number of anilines is 4. The molecule has 2 saturated heterocycles. The minimum absolute atomic E-state index is 0.132. The van der Waals surface area contributed by atoms with Crippen LogP contribution in [0.3, 0.4) is 0 Å². The Morgan fingerprint density at radius 2 is 1.27 bits per heavy atom. The fourth-order valence-electron chi connectivity index (χ4n) is 10.1. The summed E-state index contributed by atoms with van der Waals surface area (Å²) in [6.45, 7) is 14.6. The van der Waals surface area contributed by atoms with Crippen molar-refractivity contribution >= 4 is 96.6 Å². The number of thiophene rings is 2. The predicted octanol–water partition coefficient (Wildman–Crippen LogP) is 12.4. The number of rotatable bonds is 16. The van der Waals surface area contributed by atoms with Crippen molar-refractivity contribution in [3.63, 3.8) is 0 Å². The third-order valence-corrected chi connectivity index (χ3v) is 17.2. The number of nitrogens with one attached hydrogen (secondary N) is 2. The highest BCUT2D eigenvalue weighted by molar-refractivity contribution is 7.17. The zero-order valence-electron chi connectivity index (χ0n) is 45.4. The van der Waals surface area contributed by atoms with Crippen molar-refractivity contribution in [1.29, 1.82) is 0 Å². The number of esters is 1. The van der Waals surface area contributed by atoms with E-state index in [0.717, 1.165) is 126 Å². The van der Waals surface area contributed by atoms with Gasteiger partial charge in [0.25, 0.3) is 0 Å². The van der Waals surface area contributed by atoms with E-state index in [-0.39, 0.29) is 19.2 Å². The highest BCUT2D eigenvalue weighted by atomic mass is 35.5. The number of ketones is 1. The third kappa shape index (κ3) is 12.7. The predicted molar refractivity (Wildman–Crippen MR) is 311 cm³/mol. The van der Waals surface area contributed by atoms with Crippen LogP contribution in [-0.2, 0) is 25.4 Å². The normalized spacial score (nSPS) is 16.3. The number of likely N-dealkylation sites (N-methyl/N-ethyl adjacent to an activating group) is 2. The Balaban J connectivity index is 0.787. The number of carbonyl (C=O) groups excluding carboxylic acids is 3. The number of hydrogen-bond donors (Lipinski definition) is 2. The van der Waals surface area contributed by atoms with Crippen molar-refractivity contribution in [1.82, 2.24) is 9.80 Å². The second-order valence-corrected chi connectivity index (χ2v) is 24.6. The fraction of sp³-hybridized carbons (Fsp3) is 0.383. The second kappa shape index (κ2) is 23.3. The van der Waals surface area contributed by atoms with E-state index >= 15 is 0 Å². The van der Waals surface area contributed by atoms with E-state index in [1.54, 1.807) is 85.1 Å². The number of benzene rings is 4. The van der Waals surface area contributed by atoms with Gasteiger partial charge in [0, 0.05) is 32.3 Å². The van der Waals surface area contributed by atoms with Crippen LogP contribution in [0.5, 0.6) is 5.75 Å². The van der Waals surface area contributed by atoms with Gasteiger partial charge in [-0.05, 0) is 118 Å². The van der Waals surface area contributed by atoms with Crippen molar-refractivity contribution in [3.8, 4) is 5.75 Å². The van der Waals surface area contributed by atoms with Crippen molar-refractivity contribution < 1.29 is 42.3 Å². The van der Waals surface area contributed by atoms with Crippen LogP contribution in [0, 0.1) is 6.92 Å². The van der Waals surface area contributed by atoms with E-state index in [1.165, 1.54) is 9.75 Å². The Morgan fingerprint density at radius 1 is 0.679 bits per heavy atom. The topological polar surface area (TPSA) is 143 Å². The van der Waals surface area contributed by atoms with Gasteiger partial charge in [-0.1, -0.05) is 56.0 Å². The zero-order valence-corrected chi connectivity index (χ0v) is 47.8. The molecule has 0 aliphatic carbocycles. The Morgan fingerprint density at radius 3 is 1.94 bits per heavy atom. The van der Waals surface area contributed by atoms with Gasteiger partial charge in [-0.2, -0.15) is 0 Å². The number of ether oxygens (including phenoxy) is 4. The summed E-state index contributed by atoms with van der Waals surface area (Å²) in [6, 6.07) is 32.8. The largest absolute Gasteiger partial charge is 0.512 e. The molecule has 2 N–H and O–H groups in total. The molecule has 0 radical (unpaired) electrons. The maximum absolute atomic E-state index is 13.6. The molecule has 18 heteroatoms. The SMILES string of the molecule is CCCCCCOC(=O)OC[N+]1(C)CCN(C2=Nc3cc(Cc4cc5c(s4)Nc4ccccc4N=C5N4CC[N+](C)(COC(=O)C(C)(C)Oc5ccc(C(=O)c6ccc(Cl)cc6)cc5)CC4)ccc3Nc3sc(C)cc32)CC1. The number of unbranched alkanes of at least 4 members (excludes halogenated alkanes) is 3. The number of fused-ring (bicyclic) bond motifs is 4. The van der Waals surface area contributed by atoms with Crippen LogP contribution >= 0.6 is 34.3 Å². The van der Waals surface area contributed by atoms with E-state index in [4.69, 9.17) is 40.5 Å². The van der Waals surface area contributed by atoms with Crippen molar-refractivity contribution in [3.05, 3.63) is 146 Å². The highest BCUT2D eigenvalue weighted by Crippen LogP contribution is 2.43. The molecule has 4 aliphatic rings. The summed E-state index contributed by atoms with van der Waals surface area (Å²) < 4.78 is 24.3. The number of aliphatic imine (C=N–C) groups is 2. The highest BCUT2D eigenvalue weighted by Gasteiger charge is 2.38. The van der Waals surface area contributed by atoms with Crippen LogP contribution in [0.25, 0.3) is 0 Å². The molecular weight excluding hydrogens is 1040 g/mol. The number of amidine groups is 2. The van der Waals surface area contributed by atoms with Gasteiger partial charge < -0.3 is 39.4 Å². The first kappa shape index (κ1) is 54.6. The molecule has 4 aromatic carbocycles. The molecule has 6 heterocycles. The van der Waals surface area contributed by atoms with Gasteiger partial charge in [-0.3, -0.25) is 13.8 Å². The van der Waals surface area contributed by atoms with Crippen LogP contribution < -0.4 is 15.4 Å². The first-order valence-corrected chi connectivity index (χ1v) is 28.9. The molecule has 0 saturated carbocycles. The van der Waals surface area contributed by atoms with Crippen LogP contribution in [0.15, 0.2) is 113 Å². The van der Waals surface area contributed by atoms with Gasteiger partial charge in [-0.25, -0.2) is 19.6 Å². The Kier molecular flexibility index (Phi) is 16.3. The number of aryl methyl sites for hydroxylation is 1. The molecule has 2 aromatic heterocycles. The number of carbonyl (C=O) groups is 3. The quantitative estimate of drug-likeness (QED) is 0.0414. The molecule has 408 valence electrons. The summed E-state index contributed by atoms with van der Waals surface area (Å²) in [7, 11) is 4.26. The standard InChI is InChI=1S/C60H69ClN8O7S2/c1-7-8-9-12-33-73-59(72)75-39-69(6)31-27-66(28-32-69)54-47-34-40(2)77-56(47)65-51-24-15-41(36-52(51)63-54)35-46-37-48-55(62-49-13-10-11-14-50(49)64-57(48)78-46)67-25-29-68(5,30-26-67)38-74-58(71)60(3,4)76-45-22-18-43(19-23-45)53(70)42-16-20-44(61)21-17-42/h10-11,13-24,34,36-37,64-65H,7-9,12,25-33,35,38-39H2,1-6H3/q+2. The van der Waals surface area contributed by atoms with Gasteiger partial charge >= 0.3 is 12.1 Å². The van der Waals surface area contributed by atoms with E-state index in [1.807, 2.05) is 18.2 Å². The Hall–Kier alpha value is -6.76. The number of para-hydroxylation sites is 2. The van der Waals surface area contributed by atoms with Crippen LogP contribution in [0.1, 0.15) is 88.8 Å². The average Bonchev–Trinajstić information content (AvgIpc) is 4.11. The van der Waals surface area contributed by atoms with Gasteiger partial charge in [-0.15, -0.1) is 22.7 Å². The minimum atomic E-state index is -1.27. The van der Waals surface area contributed by atoms with E-state index < -0.39 is 17.7 Å². The van der Waals surface area contributed by atoms with Crippen LogP contribution in [0.4, 0.5) is 37.5 Å². The second-order valence-electron chi connectivity index (χ2n) is 21.8. The summed E-state index contributed by atoms with van der Waals surface area (Å²) >= 11 is 9.50. The van der Waals surface area contributed by atoms with Crippen molar-refractivity contribution in [2.45, 2.75) is 65.4 Å². The number of hydrogen-bond acceptors (Lipinski definition) is 15. The Labute approximate surface area is 470 Å². The number of quaternary nitrogens is 2. The van der Waals surface area contributed by atoms with Crippen molar-refractivity contribution in [2.75, 3.05) is 97.2 Å². The molecule has 0 bridgehead atoms. The van der Waals surface area contributed by atoms with Crippen LogP contribution in [-0.4, -0.2) is 140 Å². The molecule has 0 spiro atoms. The monoisotopic (exact) mass is 1110 g/mol. The molecule has 10 rings (SSSR count). The fourth-order valence-corrected chi connectivity index (χ4v) is 12.2. The summed E-state index contributed by atoms with van der Waals surface area (Å²) in [5.74, 6) is 1.73. The lowest BCUT2D eigenvalue weighted by atomic mass is 10.0. The third-order valence-electron chi connectivity index (χ3n) is 15.0. The molecule has 2 fully saturated rings. The summed E-state index contributed by atoms with van der Waals surface area (Å²) in [5.41, 5.74) is 6.79. The number of halogens is 1. The van der Waals surface area contributed by atoms with Gasteiger partial charge in [0.1, 0.15) is 27.4 Å². The summed E-state index contributed by atoms with van der Waals surface area (Å²) in [5, 5.41) is 10.2. The molecule has 6 aromatic rings. The van der Waals surface area contributed by atoms with Crippen LogP contribution in [0.2, 0.25) is 5.02 Å². The smallest absolute Gasteiger partial charge is 0.476 e. The maximum Gasteiger partial charge on any atom is 0.512 e. The van der Waals surface area contributed by atoms with E-state index in [2.05, 4.69) is 84.8 Å².